The van der Waals surface area contributed by atoms with E-state index >= 15 is 0 Å². The molecule has 2 heterocycles. The fourth-order valence-electron chi connectivity index (χ4n) is 1.70. The van der Waals surface area contributed by atoms with Gasteiger partial charge in [-0.25, -0.2) is 9.67 Å². The van der Waals surface area contributed by atoms with Gasteiger partial charge in [0.1, 0.15) is 10.7 Å². The topological polar surface area (TPSA) is 60.7 Å². The molecule has 0 spiro atoms. The summed E-state index contributed by atoms with van der Waals surface area (Å²) >= 11 is 1.59. The van der Waals surface area contributed by atoms with E-state index in [0.717, 1.165) is 16.3 Å². The summed E-state index contributed by atoms with van der Waals surface area (Å²) in [6, 6.07) is 10.0. The Morgan fingerprint density at radius 3 is 2.84 bits per heavy atom. The molecule has 0 aliphatic heterocycles. The van der Waals surface area contributed by atoms with Gasteiger partial charge in [0, 0.05) is 10.9 Å². The Labute approximate surface area is 113 Å². The molecule has 0 saturated carbocycles. The third kappa shape index (κ3) is 2.58. The minimum Gasteiger partial charge on any atom is -0.296 e. The smallest absolute Gasteiger partial charge is 0.171 e. The van der Waals surface area contributed by atoms with Crippen LogP contribution in [-0.2, 0) is 6.54 Å². The number of carbonyl (C=O) groups excluding carboxylic acids is 1. The van der Waals surface area contributed by atoms with Crippen molar-refractivity contribution in [1.82, 2.24) is 20.0 Å². The van der Waals surface area contributed by atoms with Gasteiger partial charge in [-0.1, -0.05) is 35.5 Å². The highest BCUT2D eigenvalue weighted by Crippen LogP contribution is 2.23. The predicted octanol–water partition coefficient (Wildman–Crippen LogP) is 2.26. The number of hydrogen-bond donors (Lipinski definition) is 0. The molecule has 0 radical (unpaired) electrons. The summed E-state index contributed by atoms with van der Waals surface area (Å²) in [4.78, 5) is 15.1. The molecule has 0 saturated heterocycles. The van der Waals surface area contributed by atoms with E-state index in [1.165, 1.54) is 0 Å². The van der Waals surface area contributed by atoms with Crippen molar-refractivity contribution in [3.05, 3.63) is 53.3 Å². The van der Waals surface area contributed by atoms with Gasteiger partial charge in [0.15, 0.2) is 6.29 Å². The van der Waals surface area contributed by atoms with Crippen LogP contribution < -0.4 is 0 Å². The molecule has 3 rings (SSSR count). The van der Waals surface area contributed by atoms with Gasteiger partial charge in [0.2, 0.25) is 0 Å². The molecule has 19 heavy (non-hydrogen) atoms. The van der Waals surface area contributed by atoms with Crippen LogP contribution >= 0.6 is 11.3 Å². The van der Waals surface area contributed by atoms with Crippen LogP contribution in [0.2, 0.25) is 0 Å². The number of carbonyl (C=O) groups is 1. The van der Waals surface area contributed by atoms with Crippen molar-refractivity contribution in [1.29, 1.82) is 0 Å². The number of hydrogen-bond acceptors (Lipinski definition) is 5. The average molecular weight is 270 g/mol. The van der Waals surface area contributed by atoms with E-state index in [0.29, 0.717) is 18.5 Å². The highest BCUT2D eigenvalue weighted by Gasteiger charge is 2.06. The van der Waals surface area contributed by atoms with Gasteiger partial charge in [0.05, 0.1) is 18.4 Å². The molecule has 94 valence electrons. The molecule has 0 amide bonds. The summed E-state index contributed by atoms with van der Waals surface area (Å²) in [5.41, 5.74) is 2.34. The van der Waals surface area contributed by atoms with Crippen molar-refractivity contribution in [2.45, 2.75) is 6.54 Å². The molecule has 0 fully saturated rings. The molecule has 0 atom stereocenters. The van der Waals surface area contributed by atoms with Gasteiger partial charge in [0.25, 0.3) is 0 Å². The lowest BCUT2D eigenvalue weighted by atomic mass is 10.2. The van der Waals surface area contributed by atoms with Gasteiger partial charge in [-0.2, -0.15) is 0 Å². The minimum atomic E-state index is 0.332. The van der Waals surface area contributed by atoms with Gasteiger partial charge in [-0.3, -0.25) is 4.79 Å². The Bertz CT molecular complexity index is 690. The number of rotatable bonds is 4. The molecule has 2 aromatic heterocycles. The van der Waals surface area contributed by atoms with Gasteiger partial charge in [-0.05, 0) is 0 Å². The van der Waals surface area contributed by atoms with Crippen molar-refractivity contribution in [3.8, 4) is 10.6 Å². The predicted molar refractivity (Wildman–Crippen MR) is 72.1 cm³/mol. The minimum absolute atomic E-state index is 0.332. The molecule has 0 bridgehead atoms. The van der Waals surface area contributed by atoms with Crippen LogP contribution in [0.25, 0.3) is 10.6 Å². The van der Waals surface area contributed by atoms with Crippen LogP contribution in [0.15, 0.2) is 41.9 Å². The number of aldehydes is 1. The quantitative estimate of drug-likeness (QED) is 0.682. The summed E-state index contributed by atoms with van der Waals surface area (Å²) in [6.45, 7) is 0.518. The second-order valence-corrected chi connectivity index (χ2v) is 4.83. The summed E-state index contributed by atoms with van der Waals surface area (Å²) in [5.74, 6) is 0. The molecule has 0 aliphatic carbocycles. The van der Waals surface area contributed by atoms with Crippen molar-refractivity contribution < 1.29 is 4.79 Å². The molecule has 1 aromatic carbocycles. The second kappa shape index (κ2) is 5.11. The molecular formula is C13H10N4OS. The lowest BCUT2D eigenvalue weighted by Crippen LogP contribution is -2.00. The zero-order valence-electron chi connectivity index (χ0n) is 9.93. The standard InChI is InChI=1S/C13H10N4OS/c18-8-11-6-17(16-15-11)7-12-9-19-13(14-12)10-4-2-1-3-5-10/h1-6,8-9H,7H2. The molecule has 0 unspecified atom stereocenters. The summed E-state index contributed by atoms with van der Waals surface area (Å²) < 4.78 is 1.60. The fraction of sp³-hybridized carbons (Fsp3) is 0.0769. The van der Waals surface area contributed by atoms with E-state index in [9.17, 15) is 4.79 Å². The first-order valence-electron chi connectivity index (χ1n) is 5.70. The van der Waals surface area contributed by atoms with E-state index in [-0.39, 0.29) is 0 Å². The summed E-state index contributed by atoms with van der Waals surface area (Å²) in [5, 5.41) is 10.5. The van der Waals surface area contributed by atoms with Crippen LogP contribution in [0.4, 0.5) is 0 Å². The number of nitrogens with zero attached hydrogens (tertiary/aromatic N) is 4. The highest BCUT2D eigenvalue weighted by molar-refractivity contribution is 7.13. The first-order chi connectivity index (χ1) is 9.35. The zero-order chi connectivity index (χ0) is 13.1. The number of benzene rings is 1. The van der Waals surface area contributed by atoms with Gasteiger partial charge < -0.3 is 0 Å². The fourth-order valence-corrected chi connectivity index (χ4v) is 2.52. The van der Waals surface area contributed by atoms with E-state index in [1.54, 1.807) is 22.2 Å². The Kier molecular flexibility index (Phi) is 3.16. The van der Waals surface area contributed by atoms with E-state index < -0.39 is 0 Å². The maximum Gasteiger partial charge on any atom is 0.171 e. The maximum absolute atomic E-state index is 10.5. The Hall–Kier alpha value is -2.34. The Morgan fingerprint density at radius 1 is 1.26 bits per heavy atom. The lowest BCUT2D eigenvalue weighted by Gasteiger charge is -1.96. The molecule has 0 N–H and O–H groups in total. The highest BCUT2D eigenvalue weighted by atomic mass is 32.1. The summed E-state index contributed by atoms with van der Waals surface area (Å²) in [7, 11) is 0. The van der Waals surface area contributed by atoms with Crippen molar-refractivity contribution in [3.63, 3.8) is 0 Å². The largest absolute Gasteiger partial charge is 0.296 e. The van der Waals surface area contributed by atoms with Crippen molar-refractivity contribution in [2.75, 3.05) is 0 Å². The number of aromatic nitrogens is 4. The van der Waals surface area contributed by atoms with Crippen LogP contribution in [0.5, 0.6) is 0 Å². The van der Waals surface area contributed by atoms with Crippen LogP contribution in [0.3, 0.4) is 0 Å². The van der Waals surface area contributed by atoms with Gasteiger partial charge in [-0.15, -0.1) is 16.4 Å². The molecule has 5 nitrogen and oxygen atoms in total. The third-order valence-electron chi connectivity index (χ3n) is 2.57. The van der Waals surface area contributed by atoms with Gasteiger partial charge >= 0.3 is 0 Å². The van der Waals surface area contributed by atoms with Crippen LogP contribution in [-0.4, -0.2) is 26.3 Å². The molecule has 0 aliphatic rings. The van der Waals surface area contributed by atoms with E-state index in [1.807, 2.05) is 35.7 Å². The Morgan fingerprint density at radius 2 is 2.11 bits per heavy atom. The third-order valence-corrected chi connectivity index (χ3v) is 3.51. The Balaban J connectivity index is 1.80. The molecular weight excluding hydrogens is 260 g/mol. The van der Waals surface area contributed by atoms with E-state index in [2.05, 4.69) is 15.3 Å². The summed E-state index contributed by atoms with van der Waals surface area (Å²) in [6.07, 6.45) is 2.29. The average Bonchev–Trinajstić information content (AvgIpc) is 3.09. The second-order valence-electron chi connectivity index (χ2n) is 3.97. The molecule has 6 heteroatoms. The monoisotopic (exact) mass is 270 g/mol. The zero-order valence-corrected chi connectivity index (χ0v) is 10.7. The normalized spacial score (nSPS) is 10.5. The maximum atomic E-state index is 10.5. The lowest BCUT2D eigenvalue weighted by molar-refractivity contribution is 0.111. The van der Waals surface area contributed by atoms with E-state index in [4.69, 9.17) is 0 Å². The number of thiazole rings is 1. The van der Waals surface area contributed by atoms with Crippen molar-refractivity contribution in [2.24, 2.45) is 0 Å². The van der Waals surface area contributed by atoms with Crippen LogP contribution in [0.1, 0.15) is 16.2 Å². The van der Waals surface area contributed by atoms with Crippen molar-refractivity contribution >= 4 is 17.6 Å². The molecule has 3 aromatic rings. The SMILES string of the molecule is O=Cc1cn(Cc2csc(-c3ccccc3)n2)nn1. The first-order valence-corrected chi connectivity index (χ1v) is 6.58. The van der Waals surface area contributed by atoms with Crippen LogP contribution in [0, 0.1) is 0 Å². The first kappa shape index (κ1) is 11.7.